The third-order valence-electron chi connectivity index (χ3n) is 1.77. The molecule has 1 heterocycles. The van der Waals surface area contributed by atoms with Gasteiger partial charge >= 0.3 is 6.14 Å². The minimum Gasteiger partial charge on any atom is -0.415 e. The first-order valence-electron chi connectivity index (χ1n) is 3.74. The standard InChI is InChI=1S/C9H6FNO2/c1-5(12)6-2-3-8-7(4-6)11-9(10)13-8/h2-4H,1H3. The lowest BCUT2D eigenvalue weighted by Gasteiger charge is -1.92. The molecule has 0 fully saturated rings. The number of benzene rings is 1. The number of Topliss-reactive ketones (excluding diaryl/α,β-unsaturated/α-hetero) is 1. The number of nitrogens with zero attached hydrogens (tertiary/aromatic N) is 1. The van der Waals surface area contributed by atoms with E-state index in [9.17, 15) is 9.18 Å². The van der Waals surface area contributed by atoms with Gasteiger partial charge in [0.25, 0.3) is 0 Å². The van der Waals surface area contributed by atoms with Crippen LogP contribution in [0.5, 0.6) is 0 Å². The Morgan fingerprint density at radius 2 is 2.31 bits per heavy atom. The highest BCUT2D eigenvalue weighted by atomic mass is 19.1. The van der Waals surface area contributed by atoms with Crippen molar-refractivity contribution in [1.82, 2.24) is 4.98 Å². The van der Waals surface area contributed by atoms with Gasteiger partial charge in [0.1, 0.15) is 5.52 Å². The summed E-state index contributed by atoms with van der Waals surface area (Å²) >= 11 is 0. The highest BCUT2D eigenvalue weighted by Gasteiger charge is 2.06. The lowest BCUT2D eigenvalue weighted by molar-refractivity contribution is 0.101. The number of hydrogen-bond acceptors (Lipinski definition) is 3. The minimum atomic E-state index is -0.879. The molecule has 66 valence electrons. The summed E-state index contributed by atoms with van der Waals surface area (Å²) in [6.45, 7) is 1.44. The molecule has 2 aromatic rings. The molecule has 0 bridgehead atoms. The zero-order valence-electron chi connectivity index (χ0n) is 6.87. The van der Waals surface area contributed by atoms with Crippen molar-refractivity contribution < 1.29 is 13.6 Å². The smallest absolute Gasteiger partial charge is 0.382 e. The number of carbonyl (C=O) groups excluding carboxylic acids is 1. The molecule has 0 amide bonds. The predicted molar refractivity (Wildman–Crippen MR) is 44.0 cm³/mol. The van der Waals surface area contributed by atoms with Crippen molar-refractivity contribution in [2.45, 2.75) is 6.92 Å². The number of rotatable bonds is 1. The molecule has 0 unspecified atom stereocenters. The fourth-order valence-electron chi connectivity index (χ4n) is 1.12. The first-order valence-corrected chi connectivity index (χ1v) is 3.74. The number of ketones is 1. The number of halogens is 1. The Balaban J connectivity index is 2.67. The van der Waals surface area contributed by atoms with E-state index < -0.39 is 6.14 Å². The van der Waals surface area contributed by atoms with Crippen LogP contribution in [0.3, 0.4) is 0 Å². The Bertz CT molecular complexity index is 475. The van der Waals surface area contributed by atoms with E-state index >= 15 is 0 Å². The topological polar surface area (TPSA) is 43.1 Å². The number of fused-ring (bicyclic) bond motifs is 1. The van der Waals surface area contributed by atoms with Gasteiger partial charge in [0, 0.05) is 5.56 Å². The number of carbonyl (C=O) groups is 1. The Hall–Kier alpha value is -1.71. The van der Waals surface area contributed by atoms with Gasteiger partial charge < -0.3 is 4.42 Å². The van der Waals surface area contributed by atoms with Crippen molar-refractivity contribution in [2.24, 2.45) is 0 Å². The van der Waals surface area contributed by atoms with Gasteiger partial charge in [-0.2, -0.15) is 4.98 Å². The quantitative estimate of drug-likeness (QED) is 0.630. The van der Waals surface area contributed by atoms with E-state index in [0.717, 1.165) is 0 Å². The van der Waals surface area contributed by atoms with Crippen molar-refractivity contribution in [3.8, 4) is 0 Å². The Kier molecular flexibility index (Phi) is 1.62. The second-order valence-electron chi connectivity index (χ2n) is 2.71. The summed E-state index contributed by atoms with van der Waals surface area (Å²) in [5.74, 6) is -0.0784. The third kappa shape index (κ3) is 1.30. The van der Waals surface area contributed by atoms with Crippen LogP contribution >= 0.6 is 0 Å². The van der Waals surface area contributed by atoms with Gasteiger partial charge in [0.05, 0.1) is 0 Å². The van der Waals surface area contributed by atoms with Gasteiger partial charge in [-0.3, -0.25) is 4.79 Å². The molecule has 3 nitrogen and oxygen atoms in total. The summed E-state index contributed by atoms with van der Waals surface area (Å²) in [6, 6.07) is 4.61. The molecule has 0 saturated carbocycles. The highest BCUT2D eigenvalue weighted by Crippen LogP contribution is 2.16. The number of hydrogen-bond donors (Lipinski definition) is 0. The van der Waals surface area contributed by atoms with Crippen LogP contribution in [0.1, 0.15) is 17.3 Å². The lowest BCUT2D eigenvalue weighted by Crippen LogP contribution is -1.90. The summed E-state index contributed by atoms with van der Waals surface area (Å²) in [7, 11) is 0. The van der Waals surface area contributed by atoms with Gasteiger partial charge in [0.2, 0.25) is 0 Å². The largest absolute Gasteiger partial charge is 0.415 e. The minimum absolute atomic E-state index is 0.0784. The molecule has 0 aliphatic heterocycles. The van der Waals surface area contributed by atoms with Gasteiger partial charge in [-0.15, -0.1) is 4.39 Å². The van der Waals surface area contributed by atoms with Crippen LogP contribution in [0.4, 0.5) is 4.39 Å². The number of oxazole rings is 1. The van der Waals surface area contributed by atoms with Crippen molar-refractivity contribution in [3.63, 3.8) is 0 Å². The van der Waals surface area contributed by atoms with Crippen LogP contribution < -0.4 is 0 Å². The molecule has 4 heteroatoms. The molecule has 0 spiro atoms. The Morgan fingerprint density at radius 1 is 1.54 bits per heavy atom. The molecule has 1 aromatic carbocycles. The maximum Gasteiger partial charge on any atom is 0.382 e. The van der Waals surface area contributed by atoms with E-state index in [4.69, 9.17) is 0 Å². The summed E-state index contributed by atoms with van der Waals surface area (Å²) < 4.78 is 17.1. The van der Waals surface area contributed by atoms with Gasteiger partial charge in [0.15, 0.2) is 11.4 Å². The maximum atomic E-state index is 12.5. The molecule has 0 N–H and O–H groups in total. The fourth-order valence-corrected chi connectivity index (χ4v) is 1.12. The Labute approximate surface area is 73.2 Å². The van der Waals surface area contributed by atoms with E-state index in [0.29, 0.717) is 16.7 Å². The summed E-state index contributed by atoms with van der Waals surface area (Å²) in [6.07, 6.45) is -0.879. The van der Waals surface area contributed by atoms with E-state index in [1.165, 1.54) is 19.1 Å². The SMILES string of the molecule is CC(=O)c1ccc2oc(F)nc2c1. The molecule has 0 saturated heterocycles. The average molecular weight is 179 g/mol. The van der Waals surface area contributed by atoms with Crippen LogP contribution in [0, 0.1) is 6.14 Å². The first kappa shape index (κ1) is 7.91. The molecule has 0 atom stereocenters. The van der Waals surface area contributed by atoms with Crippen LogP contribution in [-0.4, -0.2) is 10.8 Å². The third-order valence-corrected chi connectivity index (χ3v) is 1.77. The van der Waals surface area contributed by atoms with Gasteiger partial charge in [-0.25, -0.2) is 0 Å². The summed E-state index contributed by atoms with van der Waals surface area (Å²) in [5.41, 5.74) is 1.22. The van der Waals surface area contributed by atoms with Gasteiger partial charge in [-0.1, -0.05) is 0 Å². The van der Waals surface area contributed by atoms with Crippen molar-refractivity contribution >= 4 is 16.9 Å². The molecule has 0 aliphatic rings. The zero-order valence-corrected chi connectivity index (χ0v) is 6.87. The summed E-state index contributed by atoms with van der Waals surface area (Å²) in [4.78, 5) is 14.4. The van der Waals surface area contributed by atoms with E-state index in [-0.39, 0.29) is 5.78 Å². The maximum absolute atomic E-state index is 12.5. The van der Waals surface area contributed by atoms with Gasteiger partial charge in [-0.05, 0) is 25.1 Å². The number of aromatic nitrogens is 1. The van der Waals surface area contributed by atoms with E-state index in [1.807, 2.05) is 0 Å². The van der Waals surface area contributed by atoms with Crippen LogP contribution in [0.2, 0.25) is 0 Å². The predicted octanol–water partition coefficient (Wildman–Crippen LogP) is 2.17. The molecule has 13 heavy (non-hydrogen) atoms. The average Bonchev–Trinajstić information content (AvgIpc) is 2.42. The second-order valence-corrected chi connectivity index (χ2v) is 2.71. The second kappa shape index (κ2) is 2.65. The molecule has 2 rings (SSSR count). The first-order chi connectivity index (χ1) is 6.16. The molecular formula is C9H6FNO2. The van der Waals surface area contributed by atoms with Crippen LogP contribution in [-0.2, 0) is 0 Å². The molecule has 0 radical (unpaired) electrons. The van der Waals surface area contributed by atoms with Crippen LogP contribution in [0.25, 0.3) is 11.1 Å². The zero-order chi connectivity index (χ0) is 9.42. The molecule has 1 aromatic heterocycles. The monoisotopic (exact) mass is 179 g/mol. The molecular weight excluding hydrogens is 173 g/mol. The fraction of sp³-hybridized carbons (Fsp3) is 0.111. The van der Waals surface area contributed by atoms with Crippen molar-refractivity contribution in [3.05, 3.63) is 29.9 Å². The highest BCUT2D eigenvalue weighted by molar-refractivity contribution is 5.96. The normalized spacial score (nSPS) is 10.6. The van der Waals surface area contributed by atoms with E-state index in [2.05, 4.69) is 9.40 Å². The summed E-state index contributed by atoms with van der Waals surface area (Å²) in [5, 5.41) is 0. The van der Waals surface area contributed by atoms with Crippen molar-refractivity contribution in [2.75, 3.05) is 0 Å². The molecule has 0 aliphatic carbocycles. The lowest BCUT2D eigenvalue weighted by atomic mass is 10.1. The van der Waals surface area contributed by atoms with Crippen molar-refractivity contribution in [1.29, 1.82) is 0 Å². The van der Waals surface area contributed by atoms with Crippen LogP contribution in [0.15, 0.2) is 22.6 Å². The van der Waals surface area contributed by atoms with E-state index in [1.54, 1.807) is 6.07 Å². The Morgan fingerprint density at radius 3 is 3.00 bits per heavy atom.